The minimum Gasteiger partial charge on any atom is -0.468 e. The molecule has 38 heavy (non-hydrogen) atoms. The van der Waals surface area contributed by atoms with Gasteiger partial charge in [-0.15, -0.1) is 0 Å². The van der Waals surface area contributed by atoms with Crippen LogP contribution < -0.4 is 0 Å². The minimum absolute atomic E-state index is 0.349. The van der Waals surface area contributed by atoms with Crippen molar-refractivity contribution in [3.63, 3.8) is 0 Å². The maximum atomic E-state index is 12.5. The van der Waals surface area contributed by atoms with Gasteiger partial charge in [-0.3, -0.25) is 9.59 Å². The highest BCUT2D eigenvalue weighted by molar-refractivity contribution is 5.82. The van der Waals surface area contributed by atoms with E-state index in [1.807, 2.05) is 110 Å². The number of hydrogen-bond acceptors (Lipinski definition) is 6. The first-order valence-electron chi connectivity index (χ1n) is 12.6. The summed E-state index contributed by atoms with van der Waals surface area (Å²) in [6, 6.07) is 23.6. The molecule has 8 nitrogen and oxygen atoms in total. The van der Waals surface area contributed by atoms with Crippen molar-refractivity contribution in [1.82, 2.24) is 19.6 Å². The Kier molecular flexibility index (Phi) is 7.53. The summed E-state index contributed by atoms with van der Waals surface area (Å²) in [6.07, 6.45) is 1.24. The molecule has 0 radical (unpaired) electrons. The smallest absolute Gasteiger partial charge is 0.317 e. The molecule has 0 saturated carbocycles. The average molecular weight is 515 g/mol. The van der Waals surface area contributed by atoms with Gasteiger partial charge in [0.25, 0.3) is 0 Å². The van der Waals surface area contributed by atoms with Crippen LogP contribution in [0.15, 0.2) is 72.8 Å². The fraction of sp³-hybridized carbons (Fsp3) is 0.333. The number of aromatic nitrogens is 4. The summed E-state index contributed by atoms with van der Waals surface area (Å²) >= 11 is 0. The van der Waals surface area contributed by atoms with Gasteiger partial charge in [0, 0.05) is 11.4 Å². The zero-order chi connectivity index (χ0) is 27.5. The highest BCUT2D eigenvalue weighted by Gasteiger charge is 2.36. The first-order chi connectivity index (χ1) is 18.1. The maximum Gasteiger partial charge on any atom is 0.317 e. The Hall–Kier alpha value is -4.20. The number of benzene rings is 2. The first-order valence-corrected chi connectivity index (χ1v) is 12.6. The molecule has 4 aromatic rings. The lowest BCUT2D eigenvalue weighted by molar-refractivity contribution is -0.147. The largest absolute Gasteiger partial charge is 0.468 e. The van der Waals surface area contributed by atoms with Crippen molar-refractivity contribution in [3.8, 4) is 11.4 Å². The SMILES string of the molecule is COC(=O)C(C)(C)c1cc(CCc2cc(C(C)(C)C(=O)OC)nn2-c2ccccc2)n(-c2ccccc2)n1. The van der Waals surface area contributed by atoms with E-state index in [0.717, 1.165) is 22.8 Å². The van der Waals surface area contributed by atoms with Gasteiger partial charge in [-0.25, -0.2) is 9.36 Å². The second kappa shape index (κ2) is 10.7. The summed E-state index contributed by atoms with van der Waals surface area (Å²) in [4.78, 5) is 25.1. The van der Waals surface area contributed by atoms with Crippen LogP contribution in [0.4, 0.5) is 0 Å². The van der Waals surface area contributed by atoms with Gasteiger partial charge >= 0.3 is 11.9 Å². The molecule has 0 aliphatic carbocycles. The Morgan fingerprint density at radius 3 is 1.32 bits per heavy atom. The van der Waals surface area contributed by atoms with Crippen LogP contribution in [0.5, 0.6) is 0 Å². The molecule has 4 rings (SSSR count). The topological polar surface area (TPSA) is 88.2 Å². The molecule has 0 amide bonds. The third kappa shape index (κ3) is 5.11. The molecule has 0 fully saturated rings. The second-order valence-corrected chi connectivity index (χ2v) is 10.3. The Morgan fingerprint density at radius 2 is 1.00 bits per heavy atom. The molecule has 0 bridgehead atoms. The lowest BCUT2D eigenvalue weighted by atomic mass is 9.89. The van der Waals surface area contributed by atoms with Gasteiger partial charge in [0.05, 0.1) is 37.0 Å². The van der Waals surface area contributed by atoms with Crippen molar-refractivity contribution >= 4 is 11.9 Å². The number of hydrogen-bond donors (Lipinski definition) is 0. The zero-order valence-electron chi connectivity index (χ0n) is 22.8. The van der Waals surface area contributed by atoms with E-state index in [1.165, 1.54) is 14.2 Å². The number of carbonyl (C=O) groups is 2. The lowest BCUT2D eigenvalue weighted by Crippen LogP contribution is -2.30. The van der Waals surface area contributed by atoms with Gasteiger partial charge in [0.15, 0.2) is 0 Å². The van der Waals surface area contributed by atoms with Gasteiger partial charge in [-0.05, 0) is 76.9 Å². The number of carbonyl (C=O) groups excluding carboxylic acids is 2. The van der Waals surface area contributed by atoms with Crippen molar-refractivity contribution in [3.05, 3.63) is 95.6 Å². The van der Waals surface area contributed by atoms with Crippen LogP contribution in [-0.2, 0) is 42.7 Å². The van der Waals surface area contributed by atoms with E-state index in [4.69, 9.17) is 19.7 Å². The van der Waals surface area contributed by atoms with Crippen LogP contribution in [0.25, 0.3) is 11.4 Å². The van der Waals surface area contributed by atoms with Crippen molar-refractivity contribution in [2.75, 3.05) is 14.2 Å². The molecule has 0 aliphatic rings. The van der Waals surface area contributed by atoms with E-state index < -0.39 is 10.8 Å². The zero-order valence-corrected chi connectivity index (χ0v) is 22.8. The summed E-state index contributed by atoms with van der Waals surface area (Å²) in [5.41, 5.74) is 3.13. The number of nitrogens with zero attached hydrogens (tertiary/aromatic N) is 4. The highest BCUT2D eigenvalue weighted by atomic mass is 16.5. The number of rotatable bonds is 9. The van der Waals surface area contributed by atoms with E-state index >= 15 is 0 Å². The number of esters is 2. The van der Waals surface area contributed by atoms with Crippen LogP contribution in [0.1, 0.15) is 50.5 Å². The van der Waals surface area contributed by atoms with Gasteiger partial charge in [-0.2, -0.15) is 10.2 Å². The summed E-state index contributed by atoms with van der Waals surface area (Å²) in [6.45, 7) is 7.25. The van der Waals surface area contributed by atoms with Crippen LogP contribution >= 0.6 is 0 Å². The second-order valence-electron chi connectivity index (χ2n) is 10.3. The molecule has 2 aromatic carbocycles. The molecule has 0 saturated heterocycles. The van der Waals surface area contributed by atoms with Gasteiger partial charge in [0.1, 0.15) is 10.8 Å². The first kappa shape index (κ1) is 26.9. The van der Waals surface area contributed by atoms with Crippen molar-refractivity contribution in [2.24, 2.45) is 0 Å². The molecule has 0 unspecified atom stereocenters. The molecular weight excluding hydrogens is 480 g/mol. The van der Waals surface area contributed by atoms with E-state index in [9.17, 15) is 9.59 Å². The third-order valence-electron chi connectivity index (χ3n) is 6.88. The molecule has 0 aliphatic heterocycles. The van der Waals surface area contributed by atoms with Gasteiger partial charge < -0.3 is 9.47 Å². The Morgan fingerprint density at radius 1 is 0.658 bits per heavy atom. The van der Waals surface area contributed by atoms with E-state index in [0.29, 0.717) is 24.2 Å². The Labute approximate surface area is 223 Å². The predicted octanol–water partition coefficient (Wildman–Crippen LogP) is 4.74. The Balaban J connectivity index is 1.75. The molecule has 0 N–H and O–H groups in total. The van der Waals surface area contributed by atoms with E-state index in [2.05, 4.69) is 0 Å². The summed E-state index contributed by atoms with van der Waals surface area (Å²) in [7, 11) is 2.77. The molecular formula is C30H34N4O4. The summed E-state index contributed by atoms with van der Waals surface area (Å²) in [5, 5.41) is 9.65. The maximum absolute atomic E-state index is 12.5. The summed E-state index contributed by atoms with van der Waals surface area (Å²) < 4.78 is 13.8. The van der Waals surface area contributed by atoms with E-state index in [-0.39, 0.29) is 11.9 Å². The predicted molar refractivity (Wildman–Crippen MR) is 145 cm³/mol. The Bertz CT molecular complexity index is 1310. The molecule has 8 heteroatoms. The standard InChI is InChI=1S/C30H34N4O4/c1-29(2,27(35)37-5)25-19-23(33(31-25)21-13-9-7-10-14-21)17-18-24-20-26(30(3,4)28(36)38-6)32-34(24)22-15-11-8-12-16-22/h7-16,19-20H,17-18H2,1-6H3. The molecule has 2 heterocycles. The number of para-hydroxylation sites is 2. The monoisotopic (exact) mass is 514 g/mol. The van der Waals surface area contributed by atoms with Gasteiger partial charge in [0.2, 0.25) is 0 Å². The highest BCUT2D eigenvalue weighted by Crippen LogP contribution is 2.29. The van der Waals surface area contributed by atoms with Crippen LogP contribution in [-0.4, -0.2) is 45.7 Å². The van der Waals surface area contributed by atoms with Crippen LogP contribution in [0, 0.1) is 0 Å². The quantitative estimate of drug-likeness (QED) is 0.300. The van der Waals surface area contributed by atoms with Crippen molar-refractivity contribution in [1.29, 1.82) is 0 Å². The van der Waals surface area contributed by atoms with Crippen LogP contribution in [0.3, 0.4) is 0 Å². The fourth-order valence-electron chi connectivity index (χ4n) is 4.37. The van der Waals surface area contributed by atoms with Crippen molar-refractivity contribution < 1.29 is 19.1 Å². The molecule has 2 aromatic heterocycles. The number of ether oxygens (including phenoxy) is 2. The normalized spacial score (nSPS) is 11.8. The molecule has 198 valence electrons. The molecule has 0 atom stereocenters. The van der Waals surface area contributed by atoms with Crippen molar-refractivity contribution in [2.45, 2.75) is 51.4 Å². The fourth-order valence-corrected chi connectivity index (χ4v) is 4.37. The van der Waals surface area contributed by atoms with Crippen LogP contribution in [0.2, 0.25) is 0 Å². The number of aryl methyl sites for hydroxylation is 2. The molecule has 0 spiro atoms. The third-order valence-corrected chi connectivity index (χ3v) is 6.88. The number of methoxy groups -OCH3 is 2. The summed E-state index contributed by atoms with van der Waals surface area (Å²) in [5.74, 6) is -0.697. The minimum atomic E-state index is -0.910. The van der Waals surface area contributed by atoms with E-state index in [1.54, 1.807) is 0 Å². The van der Waals surface area contributed by atoms with Gasteiger partial charge in [-0.1, -0.05) is 36.4 Å². The lowest BCUT2D eigenvalue weighted by Gasteiger charge is -2.18. The average Bonchev–Trinajstić information content (AvgIpc) is 3.57.